The third-order valence-electron chi connectivity index (χ3n) is 5.87. The first kappa shape index (κ1) is 32.0. The van der Waals surface area contributed by atoms with Gasteiger partial charge in [-0.3, -0.25) is 9.32 Å². The molecule has 1 amide bonds. The molecular formula is C27H45BrNO5P. The molecule has 3 N–H and O–H groups in total. The molecule has 200 valence electrons. The van der Waals surface area contributed by atoms with Gasteiger partial charge in [-0.2, -0.15) is 0 Å². The van der Waals surface area contributed by atoms with Crippen LogP contribution in [0.4, 0.5) is 0 Å². The lowest BCUT2D eigenvalue weighted by Crippen LogP contribution is -2.39. The van der Waals surface area contributed by atoms with Gasteiger partial charge >= 0.3 is 7.82 Å². The Balaban J connectivity index is 2.15. The van der Waals surface area contributed by atoms with Gasteiger partial charge in [0.1, 0.15) is 0 Å². The van der Waals surface area contributed by atoms with Crippen molar-refractivity contribution in [3.63, 3.8) is 0 Å². The molecular weight excluding hydrogens is 529 g/mol. The highest BCUT2D eigenvalue weighted by Crippen LogP contribution is 2.35. The summed E-state index contributed by atoms with van der Waals surface area (Å²) in [6, 6.07) is 7.10. The zero-order valence-electron chi connectivity index (χ0n) is 21.3. The maximum atomic E-state index is 12.4. The van der Waals surface area contributed by atoms with Gasteiger partial charge in [0.15, 0.2) is 0 Å². The summed E-state index contributed by atoms with van der Waals surface area (Å²) in [5.41, 5.74) is 0.953. The number of phosphoric acid groups is 1. The van der Waals surface area contributed by atoms with Crippen molar-refractivity contribution in [2.24, 2.45) is 0 Å². The fourth-order valence-electron chi connectivity index (χ4n) is 3.90. The average molecular weight is 575 g/mol. The number of hydrogen-bond donors (Lipinski definition) is 3. The van der Waals surface area contributed by atoms with Crippen LogP contribution in [0.1, 0.15) is 102 Å². The van der Waals surface area contributed by atoms with E-state index in [1.54, 1.807) is 0 Å². The minimum Gasteiger partial charge on any atom is -0.351 e. The zero-order chi connectivity index (χ0) is 25.8. The molecule has 0 radical (unpaired) electrons. The van der Waals surface area contributed by atoms with Crippen molar-refractivity contribution in [3.8, 4) is 0 Å². The van der Waals surface area contributed by atoms with E-state index in [9.17, 15) is 9.36 Å². The van der Waals surface area contributed by atoms with Crippen LogP contribution in [-0.2, 0) is 20.3 Å². The molecule has 0 aliphatic carbocycles. The van der Waals surface area contributed by atoms with Crippen molar-refractivity contribution in [3.05, 3.63) is 46.5 Å². The highest BCUT2D eigenvalue weighted by Gasteiger charge is 2.20. The van der Waals surface area contributed by atoms with Crippen molar-refractivity contribution >= 4 is 29.7 Å². The molecule has 1 aromatic rings. The van der Waals surface area contributed by atoms with Gasteiger partial charge in [-0.15, -0.1) is 0 Å². The van der Waals surface area contributed by atoms with Gasteiger partial charge in [0.2, 0.25) is 5.91 Å². The van der Waals surface area contributed by atoms with Crippen LogP contribution in [0.3, 0.4) is 0 Å². The Kier molecular flexibility index (Phi) is 18.4. The van der Waals surface area contributed by atoms with Crippen molar-refractivity contribution < 1.29 is 23.7 Å². The lowest BCUT2D eigenvalue weighted by Gasteiger charge is -2.19. The van der Waals surface area contributed by atoms with E-state index >= 15 is 0 Å². The van der Waals surface area contributed by atoms with Crippen LogP contribution in [0.2, 0.25) is 0 Å². The molecule has 0 aromatic heterocycles. The largest absolute Gasteiger partial charge is 0.469 e. The Morgan fingerprint density at radius 2 is 1.49 bits per heavy atom. The molecule has 0 unspecified atom stereocenters. The second kappa shape index (κ2) is 20.1. The summed E-state index contributed by atoms with van der Waals surface area (Å²) in [5.74, 6) is -0.112. The lowest BCUT2D eigenvalue weighted by atomic mass is 10.1. The number of allylic oxidation sites excluding steroid dienone is 2. The second-order valence-electron chi connectivity index (χ2n) is 9.22. The highest BCUT2D eigenvalue weighted by molar-refractivity contribution is 9.10. The van der Waals surface area contributed by atoms with Crippen molar-refractivity contribution in [1.29, 1.82) is 0 Å². The molecule has 0 aliphatic rings. The van der Waals surface area contributed by atoms with Crippen LogP contribution in [0.25, 0.3) is 0 Å². The average Bonchev–Trinajstić information content (AvgIpc) is 2.81. The highest BCUT2D eigenvalue weighted by atomic mass is 79.9. The molecule has 0 heterocycles. The predicted molar refractivity (Wildman–Crippen MR) is 147 cm³/mol. The van der Waals surface area contributed by atoms with E-state index in [2.05, 4.69) is 44.8 Å². The number of carbonyl (C=O) groups excluding carboxylic acids is 1. The minimum absolute atomic E-state index is 0.112. The van der Waals surface area contributed by atoms with Gasteiger partial charge in [-0.1, -0.05) is 98.5 Å². The molecule has 35 heavy (non-hydrogen) atoms. The summed E-state index contributed by atoms with van der Waals surface area (Å²) in [5, 5.41) is 2.87. The van der Waals surface area contributed by atoms with Crippen LogP contribution in [0, 0.1) is 0 Å². The third-order valence-corrected chi connectivity index (χ3v) is 6.88. The number of amides is 1. The van der Waals surface area contributed by atoms with E-state index in [0.717, 1.165) is 35.7 Å². The van der Waals surface area contributed by atoms with Crippen LogP contribution in [-0.4, -0.2) is 28.3 Å². The molecule has 1 rings (SSSR count). The summed E-state index contributed by atoms with van der Waals surface area (Å²) in [4.78, 5) is 30.4. The Morgan fingerprint density at radius 3 is 2.06 bits per heavy atom. The number of halogens is 1. The van der Waals surface area contributed by atoms with Gasteiger partial charge in [-0.05, 0) is 56.2 Å². The van der Waals surface area contributed by atoms with E-state index < -0.39 is 13.9 Å². The summed E-state index contributed by atoms with van der Waals surface area (Å²) < 4.78 is 16.7. The van der Waals surface area contributed by atoms with Gasteiger partial charge < -0.3 is 15.1 Å². The Morgan fingerprint density at radius 1 is 0.943 bits per heavy atom. The number of benzene rings is 1. The van der Waals surface area contributed by atoms with Crippen LogP contribution >= 0.6 is 23.8 Å². The topological polar surface area (TPSA) is 95.9 Å². The Bertz CT molecular complexity index is 750. The molecule has 0 saturated heterocycles. The molecule has 1 aromatic carbocycles. The second-order valence-corrected chi connectivity index (χ2v) is 11.4. The molecule has 0 bridgehead atoms. The van der Waals surface area contributed by atoms with E-state index in [1.807, 2.05) is 24.3 Å². The number of unbranched alkanes of at least 4 members (excludes halogenated alkanes) is 11. The summed E-state index contributed by atoms with van der Waals surface area (Å²) in [6.07, 6.45) is 21.2. The van der Waals surface area contributed by atoms with Crippen LogP contribution < -0.4 is 5.32 Å². The molecule has 0 fully saturated rings. The van der Waals surface area contributed by atoms with E-state index in [4.69, 9.17) is 9.79 Å². The third kappa shape index (κ3) is 19.8. The van der Waals surface area contributed by atoms with Gasteiger partial charge in [0.05, 0.1) is 12.6 Å². The first-order valence-corrected chi connectivity index (χ1v) is 15.5. The van der Waals surface area contributed by atoms with Crippen molar-refractivity contribution in [2.45, 2.75) is 109 Å². The number of hydrogen-bond acceptors (Lipinski definition) is 3. The maximum absolute atomic E-state index is 12.4. The smallest absolute Gasteiger partial charge is 0.351 e. The Hall–Kier alpha value is -0.980. The summed E-state index contributed by atoms with van der Waals surface area (Å²) in [7, 11) is -4.59. The monoisotopic (exact) mass is 573 g/mol. The van der Waals surface area contributed by atoms with Crippen molar-refractivity contribution in [1.82, 2.24) is 5.32 Å². The summed E-state index contributed by atoms with van der Waals surface area (Å²) >= 11 is 3.38. The number of phosphoric ester groups is 1. The minimum atomic E-state index is -4.59. The van der Waals surface area contributed by atoms with Gasteiger partial charge in [0.25, 0.3) is 0 Å². The van der Waals surface area contributed by atoms with E-state index in [-0.39, 0.29) is 12.5 Å². The standard InChI is InChI=1S/C27H45BrNO5P/c1-2-3-4-5-6-7-8-9-10-11-12-13-14-15-16-17-27(30)29-26(23-34-35(31,32)33)22-24-18-20-25(28)21-19-24/h9-10,18-21,26H,2-8,11-17,22-23H2,1H3,(H,29,30)(H2,31,32,33)/b10-9-/t26-/m1/s1. The number of carbonyl (C=O) groups is 1. The van der Waals surface area contributed by atoms with E-state index in [0.29, 0.717) is 12.8 Å². The first-order valence-electron chi connectivity index (χ1n) is 13.2. The molecule has 1 atom stereocenters. The fraction of sp³-hybridized carbons (Fsp3) is 0.667. The van der Waals surface area contributed by atoms with Gasteiger partial charge in [-0.25, -0.2) is 4.57 Å². The van der Waals surface area contributed by atoms with Crippen LogP contribution in [0.5, 0.6) is 0 Å². The summed E-state index contributed by atoms with van der Waals surface area (Å²) in [6.45, 7) is 2.01. The normalized spacial score (nSPS) is 12.8. The SMILES string of the molecule is CCCCCCCC/C=C\CCCCCCCC(=O)N[C@@H](COP(=O)(O)O)Cc1ccc(Br)cc1. The lowest BCUT2D eigenvalue weighted by molar-refractivity contribution is -0.122. The number of rotatable bonds is 21. The molecule has 0 saturated carbocycles. The zero-order valence-corrected chi connectivity index (χ0v) is 23.8. The quantitative estimate of drug-likeness (QED) is 0.0798. The van der Waals surface area contributed by atoms with Crippen molar-refractivity contribution in [2.75, 3.05) is 6.61 Å². The molecule has 0 spiro atoms. The number of nitrogens with one attached hydrogen (secondary N) is 1. The maximum Gasteiger partial charge on any atom is 0.469 e. The Labute approximate surface area is 220 Å². The van der Waals surface area contributed by atoms with Gasteiger partial charge in [0, 0.05) is 10.9 Å². The first-order chi connectivity index (χ1) is 16.8. The fourth-order valence-corrected chi connectivity index (χ4v) is 4.54. The predicted octanol–water partition coefficient (Wildman–Crippen LogP) is 7.62. The molecule has 8 heteroatoms. The van der Waals surface area contributed by atoms with Crippen LogP contribution in [0.15, 0.2) is 40.9 Å². The molecule has 0 aliphatic heterocycles. The molecule has 6 nitrogen and oxygen atoms in total. The van der Waals surface area contributed by atoms with E-state index in [1.165, 1.54) is 57.8 Å².